The van der Waals surface area contributed by atoms with Crippen molar-refractivity contribution in [2.75, 3.05) is 0 Å². The molecule has 0 nitrogen and oxygen atoms in total. The molecule has 0 aliphatic rings. The fraction of sp³-hybridized carbons (Fsp3) is 0.556. The average Bonchev–Trinajstić information content (AvgIpc) is 3.75. The standard InChI is InChI=1S/C36H52S4Si/c1-5-6-7-15-18-29-20-22-31(37-29)33-24-26-35(39-33)36-27-25-34(40-36)32-23-21-30(38-32)19-16-13-11-9-8-10-12-14-17-28-41(2,3)4/h20-27H,5-19,28H2,1-4H3. The van der Waals surface area contributed by atoms with Gasteiger partial charge in [-0.2, -0.15) is 0 Å². The smallest absolute Gasteiger partial charge is 0.0449 e. The molecule has 4 heterocycles. The first-order valence-electron chi connectivity index (χ1n) is 16.3. The van der Waals surface area contributed by atoms with Crippen LogP contribution < -0.4 is 0 Å². The van der Waals surface area contributed by atoms with E-state index in [1.807, 2.05) is 45.3 Å². The summed E-state index contributed by atoms with van der Waals surface area (Å²) >= 11 is 7.90. The number of aryl methyl sites for hydroxylation is 2. The molecule has 0 saturated heterocycles. The fourth-order valence-electron chi connectivity index (χ4n) is 5.41. The molecule has 5 heteroatoms. The highest BCUT2D eigenvalue weighted by molar-refractivity contribution is 7.28. The number of hydrogen-bond donors (Lipinski definition) is 0. The van der Waals surface area contributed by atoms with E-state index in [0.29, 0.717) is 0 Å². The lowest BCUT2D eigenvalue weighted by Crippen LogP contribution is -2.18. The largest absolute Gasteiger partial charge is 0.139 e. The summed E-state index contributed by atoms with van der Waals surface area (Å²) in [5, 5.41) is 0. The van der Waals surface area contributed by atoms with Crippen LogP contribution in [0.1, 0.15) is 100 Å². The molecule has 0 N–H and O–H groups in total. The third-order valence-electron chi connectivity index (χ3n) is 7.89. The predicted molar refractivity (Wildman–Crippen MR) is 196 cm³/mol. The van der Waals surface area contributed by atoms with Crippen LogP contribution in [-0.4, -0.2) is 8.07 Å². The van der Waals surface area contributed by atoms with Gasteiger partial charge in [-0.3, -0.25) is 0 Å². The lowest BCUT2D eigenvalue weighted by Gasteiger charge is -2.14. The van der Waals surface area contributed by atoms with Crippen molar-refractivity contribution < 1.29 is 0 Å². The summed E-state index contributed by atoms with van der Waals surface area (Å²) in [6.07, 6.45) is 20.7. The lowest BCUT2D eigenvalue weighted by atomic mass is 10.1. The van der Waals surface area contributed by atoms with Crippen LogP contribution in [0.25, 0.3) is 29.3 Å². The molecule has 0 unspecified atom stereocenters. The van der Waals surface area contributed by atoms with Gasteiger partial charge in [-0.05, 0) is 74.2 Å². The van der Waals surface area contributed by atoms with Crippen molar-refractivity contribution in [2.45, 2.75) is 129 Å². The first kappa shape index (κ1) is 32.9. The molecule has 41 heavy (non-hydrogen) atoms. The Hall–Kier alpha value is -0.983. The summed E-state index contributed by atoms with van der Waals surface area (Å²) in [4.78, 5) is 11.6. The Bertz CT molecular complexity index is 1260. The van der Waals surface area contributed by atoms with Crippen molar-refractivity contribution in [3.05, 3.63) is 58.3 Å². The van der Waals surface area contributed by atoms with Gasteiger partial charge < -0.3 is 0 Å². The Kier molecular flexibility index (Phi) is 13.9. The number of rotatable bonds is 20. The summed E-state index contributed by atoms with van der Waals surface area (Å²) in [5.41, 5.74) is 0. The maximum absolute atomic E-state index is 2.50. The van der Waals surface area contributed by atoms with Gasteiger partial charge in [0.15, 0.2) is 0 Å². The zero-order valence-corrected chi connectivity index (χ0v) is 30.3. The minimum Gasteiger partial charge on any atom is -0.139 e. The van der Waals surface area contributed by atoms with Gasteiger partial charge in [-0.1, -0.05) is 103 Å². The fourth-order valence-corrected chi connectivity index (χ4v) is 11.1. The molecule has 4 rings (SSSR count). The summed E-state index contributed by atoms with van der Waals surface area (Å²) < 4.78 is 0. The van der Waals surface area contributed by atoms with Crippen LogP contribution in [0.2, 0.25) is 25.7 Å². The van der Waals surface area contributed by atoms with Crippen molar-refractivity contribution in [1.29, 1.82) is 0 Å². The third kappa shape index (κ3) is 11.6. The van der Waals surface area contributed by atoms with Gasteiger partial charge >= 0.3 is 0 Å². The van der Waals surface area contributed by atoms with Crippen LogP contribution in [0.3, 0.4) is 0 Å². The highest BCUT2D eigenvalue weighted by Crippen LogP contribution is 2.43. The molecule has 224 valence electrons. The van der Waals surface area contributed by atoms with Crippen LogP contribution in [0, 0.1) is 0 Å². The van der Waals surface area contributed by atoms with Crippen LogP contribution in [0.15, 0.2) is 48.5 Å². The van der Waals surface area contributed by atoms with Crippen molar-refractivity contribution in [1.82, 2.24) is 0 Å². The van der Waals surface area contributed by atoms with E-state index in [0.717, 1.165) is 0 Å². The minimum absolute atomic E-state index is 0.819. The molecule has 0 saturated carbocycles. The maximum atomic E-state index is 2.50. The van der Waals surface area contributed by atoms with Crippen LogP contribution in [-0.2, 0) is 12.8 Å². The number of hydrogen-bond acceptors (Lipinski definition) is 4. The molecule has 0 amide bonds. The van der Waals surface area contributed by atoms with E-state index in [9.17, 15) is 0 Å². The minimum atomic E-state index is -0.819. The zero-order chi connectivity index (χ0) is 28.9. The molecule has 0 radical (unpaired) electrons. The Morgan fingerprint density at radius 1 is 0.415 bits per heavy atom. The summed E-state index contributed by atoms with van der Waals surface area (Å²) in [6.45, 7) is 9.78. The maximum Gasteiger partial charge on any atom is 0.0449 e. The van der Waals surface area contributed by atoms with E-state index in [4.69, 9.17) is 0 Å². The van der Waals surface area contributed by atoms with E-state index in [-0.39, 0.29) is 0 Å². The van der Waals surface area contributed by atoms with E-state index < -0.39 is 8.07 Å². The van der Waals surface area contributed by atoms with Gasteiger partial charge in [0.1, 0.15) is 0 Å². The first-order valence-corrected chi connectivity index (χ1v) is 23.3. The molecule has 0 bridgehead atoms. The van der Waals surface area contributed by atoms with Crippen LogP contribution >= 0.6 is 45.3 Å². The van der Waals surface area contributed by atoms with Crippen LogP contribution in [0.4, 0.5) is 0 Å². The Morgan fingerprint density at radius 2 is 0.756 bits per heavy atom. The van der Waals surface area contributed by atoms with Gasteiger partial charge in [-0.25, -0.2) is 0 Å². The molecule has 0 atom stereocenters. The van der Waals surface area contributed by atoms with Gasteiger partial charge in [-0.15, -0.1) is 45.3 Å². The van der Waals surface area contributed by atoms with Crippen LogP contribution in [0.5, 0.6) is 0 Å². The molecule has 0 aliphatic carbocycles. The van der Waals surface area contributed by atoms with Gasteiger partial charge in [0.2, 0.25) is 0 Å². The molecule has 0 fully saturated rings. The highest BCUT2D eigenvalue weighted by Gasteiger charge is 2.13. The van der Waals surface area contributed by atoms with Crippen molar-refractivity contribution in [2.24, 2.45) is 0 Å². The van der Waals surface area contributed by atoms with Crippen molar-refractivity contribution in [3.8, 4) is 29.3 Å². The topological polar surface area (TPSA) is 0 Å². The van der Waals surface area contributed by atoms with Gasteiger partial charge in [0.05, 0.1) is 0 Å². The van der Waals surface area contributed by atoms with Crippen molar-refractivity contribution >= 4 is 53.4 Å². The molecule has 4 aromatic rings. The summed E-state index contributed by atoms with van der Waals surface area (Å²) in [7, 11) is -0.819. The quantitative estimate of drug-likeness (QED) is 0.0666. The molecule has 0 aromatic carbocycles. The summed E-state index contributed by atoms with van der Waals surface area (Å²) in [5.74, 6) is 0. The second-order valence-corrected chi connectivity index (χ2v) is 23.0. The second-order valence-electron chi connectivity index (χ2n) is 12.9. The van der Waals surface area contributed by atoms with E-state index in [2.05, 4.69) is 75.1 Å². The monoisotopic (exact) mass is 640 g/mol. The first-order chi connectivity index (χ1) is 19.9. The van der Waals surface area contributed by atoms with E-state index in [1.54, 1.807) is 4.88 Å². The lowest BCUT2D eigenvalue weighted by molar-refractivity contribution is 0.565. The molecule has 4 aromatic heterocycles. The Balaban J connectivity index is 1.15. The molecular weight excluding hydrogens is 589 g/mol. The number of thiophene rings is 4. The normalized spacial score (nSPS) is 12.0. The molecule has 0 aliphatic heterocycles. The highest BCUT2D eigenvalue weighted by atomic mass is 32.1. The Morgan fingerprint density at radius 3 is 1.17 bits per heavy atom. The van der Waals surface area contributed by atoms with Crippen molar-refractivity contribution in [3.63, 3.8) is 0 Å². The van der Waals surface area contributed by atoms with Gasteiger partial charge in [0, 0.05) is 47.1 Å². The van der Waals surface area contributed by atoms with Gasteiger partial charge in [0.25, 0.3) is 0 Å². The third-order valence-corrected chi connectivity index (χ3v) is 14.8. The average molecular weight is 641 g/mol. The second kappa shape index (κ2) is 17.3. The SMILES string of the molecule is CCCCCCc1ccc(-c2ccc(-c3ccc(-c4ccc(CCCCCCCCCCC[Si](C)(C)C)s4)s3)s2)s1. The predicted octanol–water partition coefficient (Wildman–Crippen LogP) is 14.4. The zero-order valence-electron chi connectivity index (χ0n) is 26.1. The van der Waals surface area contributed by atoms with E-state index in [1.165, 1.54) is 136 Å². The van der Waals surface area contributed by atoms with E-state index >= 15 is 0 Å². The molecular formula is C36H52S4Si. The summed E-state index contributed by atoms with van der Waals surface area (Å²) in [6, 6.07) is 20.2. The molecule has 0 spiro atoms. The number of unbranched alkanes of at least 4 members (excludes halogenated alkanes) is 11. The Labute approximate surface area is 268 Å².